The third kappa shape index (κ3) is 5.25. The zero-order chi connectivity index (χ0) is 27.8. The minimum absolute atomic E-state index is 0.0503. The topological polar surface area (TPSA) is 140 Å². The largest absolute Gasteiger partial charge is 0.479 e. The summed E-state index contributed by atoms with van der Waals surface area (Å²) in [7, 11) is 0. The van der Waals surface area contributed by atoms with Crippen molar-refractivity contribution in [3.63, 3.8) is 0 Å². The van der Waals surface area contributed by atoms with Gasteiger partial charge in [-0.1, -0.05) is 49.4 Å². The van der Waals surface area contributed by atoms with Crippen LogP contribution >= 0.6 is 0 Å². The highest BCUT2D eigenvalue weighted by Crippen LogP contribution is 2.47. The first kappa shape index (κ1) is 26.9. The van der Waals surface area contributed by atoms with E-state index in [1.807, 2.05) is 18.2 Å². The fraction of sp³-hybridized carbons (Fsp3) is 0.633. The Morgan fingerprint density at radius 1 is 0.925 bits per heavy atom. The van der Waals surface area contributed by atoms with Gasteiger partial charge in [-0.2, -0.15) is 0 Å². The Morgan fingerprint density at radius 2 is 1.60 bits per heavy atom. The van der Waals surface area contributed by atoms with E-state index >= 15 is 0 Å². The minimum Gasteiger partial charge on any atom is -0.479 e. The molecule has 1 amide bonds. The van der Waals surface area contributed by atoms with Gasteiger partial charge in [0, 0.05) is 24.2 Å². The number of piperidine rings is 2. The van der Waals surface area contributed by atoms with Crippen LogP contribution in [0.25, 0.3) is 11.0 Å². The van der Waals surface area contributed by atoms with Gasteiger partial charge in [-0.25, -0.2) is 9.78 Å². The zero-order valence-electron chi connectivity index (χ0n) is 22.9. The maximum absolute atomic E-state index is 14.0. The first-order valence-corrected chi connectivity index (χ1v) is 14.9. The van der Waals surface area contributed by atoms with Gasteiger partial charge < -0.3 is 20.2 Å². The number of nitrogens with zero attached hydrogens (tertiary/aromatic N) is 4. The summed E-state index contributed by atoms with van der Waals surface area (Å²) in [5.41, 5.74) is 5.70. The summed E-state index contributed by atoms with van der Waals surface area (Å²) in [6, 6.07) is 8.84. The van der Waals surface area contributed by atoms with Crippen molar-refractivity contribution in [2.24, 2.45) is 22.7 Å². The maximum Gasteiger partial charge on any atom is 0.344 e. The molecule has 2 aliphatic heterocycles. The maximum atomic E-state index is 14.0. The number of hydrogen-bond acceptors (Lipinski definition) is 7. The van der Waals surface area contributed by atoms with Crippen molar-refractivity contribution < 1.29 is 19.5 Å². The van der Waals surface area contributed by atoms with Crippen LogP contribution in [0.3, 0.4) is 0 Å². The number of rotatable bonds is 7. The van der Waals surface area contributed by atoms with Crippen LogP contribution < -0.4 is 11.3 Å². The number of hydrogen-bond donors (Lipinski definition) is 2. The van der Waals surface area contributed by atoms with Gasteiger partial charge in [-0.15, -0.1) is 0 Å². The monoisotopic (exact) mass is 549 g/mol. The minimum atomic E-state index is -1.26. The molecule has 6 rings (SSSR count). The molecule has 1 aromatic carbocycles. The number of carboxylic acids is 1. The summed E-state index contributed by atoms with van der Waals surface area (Å²) in [6.45, 7) is -0.761. The number of benzene rings is 1. The summed E-state index contributed by atoms with van der Waals surface area (Å²) in [5, 5.41) is 12.5. The zero-order valence-corrected chi connectivity index (χ0v) is 22.9. The fourth-order valence-corrected chi connectivity index (χ4v) is 8.33. The fourth-order valence-electron chi connectivity index (χ4n) is 8.33. The lowest BCUT2D eigenvalue weighted by Gasteiger charge is -2.54. The lowest BCUT2D eigenvalue weighted by atomic mass is 9.73. The van der Waals surface area contributed by atoms with E-state index in [1.54, 1.807) is 10.6 Å². The van der Waals surface area contributed by atoms with Gasteiger partial charge in [0.2, 0.25) is 6.61 Å². The molecular weight excluding hydrogens is 510 g/mol. The second-order valence-corrected chi connectivity index (χ2v) is 12.3. The Labute approximate surface area is 233 Å². The Hall–Kier alpha value is -3.27. The average Bonchev–Trinajstić information content (AvgIpc) is 3.09. The van der Waals surface area contributed by atoms with Crippen LogP contribution in [0, 0.1) is 11.8 Å². The molecule has 2 aromatic rings. The highest BCUT2D eigenvalue weighted by atomic mass is 16.6. The van der Waals surface area contributed by atoms with Crippen molar-refractivity contribution in [3.8, 4) is 0 Å². The number of primary amides is 1. The number of aromatic nitrogens is 2. The molecule has 2 saturated carbocycles. The molecule has 6 atom stereocenters. The highest BCUT2D eigenvalue weighted by Gasteiger charge is 2.45. The molecule has 4 aliphatic rings. The average molecular weight is 550 g/mol. The van der Waals surface area contributed by atoms with Gasteiger partial charge in [-0.3, -0.25) is 14.5 Å². The first-order valence-electron chi connectivity index (χ1n) is 14.9. The molecule has 2 saturated heterocycles. The summed E-state index contributed by atoms with van der Waals surface area (Å²) >= 11 is 0. The van der Waals surface area contributed by atoms with E-state index in [4.69, 9.17) is 15.7 Å². The third-order valence-corrected chi connectivity index (χ3v) is 9.74. The molecule has 0 spiro atoms. The normalized spacial score (nSPS) is 30.9. The van der Waals surface area contributed by atoms with E-state index in [-0.39, 0.29) is 11.7 Å². The summed E-state index contributed by atoms with van der Waals surface area (Å²) in [4.78, 5) is 49.3. The van der Waals surface area contributed by atoms with Gasteiger partial charge in [0.1, 0.15) is 0 Å². The van der Waals surface area contributed by atoms with E-state index in [2.05, 4.69) is 15.0 Å². The predicted molar refractivity (Wildman–Crippen MR) is 150 cm³/mol. The summed E-state index contributed by atoms with van der Waals surface area (Å²) in [6.07, 6.45) is 14.8. The number of oxime groups is 1. The van der Waals surface area contributed by atoms with Crippen LogP contribution in [-0.2, 0) is 14.4 Å². The third-order valence-electron chi connectivity index (χ3n) is 9.74. The molecule has 2 unspecified atom stereocenters. The predicted octanol–water partition coefficient (Wildman–Crippen LogP) is 3.60. The second kappa shape index (κ2) is 11.3. The molecule has 3 heterocycles. The van der Waals surface area contributed by atoms with E-state index < -0.39 is 29.8 Å². The van der Waals surface area contributed by atoms with Crippen LogP contribution in [0.4, 0.5) is 0 Å². The molecule has 4 fully saturated rings. The van der Waals surface area contributed by atoms with Crippen LogP contribution in [-0.4, -0.2) is 61.9 Å². The number of fused-ring (bicyclic) bond motifs is 5. The van der Waals surface area contributed by atoms with E-state index in [0.717, 1.165) is 37.5 Å². The van der Waals surface area contributed by atoms with E-state index in [1.165, 1.54) is 51.4 Å². The van der Waals surface area contributed by atoms with Gasteiger partial charge >= 0.3 is 5.97 Å². The lowest BCUT2D eigenvalue weighted by molar-refractivity contribution is -0.142. The number of carboxylic acid groups (broad SMARTS) is 1. The smallest absolute Gasteiger partial charge is 0.344 e. The molecule has 1 aromatic heterocycles. The molecule has 214 valence electrons. The summed E-state index contributed by atoms with van der Waals surface area (Å²) in [5.74, 6) is -0.544. The van der Waals surface area contributed by atoms with Crippen LogP contribution in [0.5, 0.6) is 0 Å². The van der Waals surface area contributed by atoms with Crippen molar-refractivity contribution >= 4 is 28.6 Å². The molecular formula is C30H39N5O5. The Morgan fingerprint density at radius 3 is 2.25 bits per heavy atom. The van der Waals surface area contributed by atoms with Gasteiger partial charge in [0.05, 0.1) is 11.0 Å². The number of carbonyl (C=O) groups excluding carboxylic acids is 1. The van der Waals surface area contributed by atoms with E-state index in [9.17, 15) is 14.4 Å². The molecule has 0 radical (unpaired) electrons. The number of amides is 1. The Kier molecular flexibility index (Phi) is 7.61. The number of nitrogens with two attached hydrogens (primary N) is 1. The van der Waals surface area contributed by atoms with Gasteiger partial charge in [0.25, 0.3) is 11.5 Å². The SMILES string of the molecule is NC(=O)/C(=N\OCC(=O)O)c1nc2ccccc2n(C2C[C@H]3CCC[C@@H](C2)N3C2C[C@H]3CCCC[C@@H](C2)C3)c1=O. The number of aliphatic carboxylic acids is 1. The summed E-state index contributed by atoms with van der Waals surface area (Å²) < 4.78 is 1.79. The molecule has 10 heteroatoms. The second-order valence-electron chi connectivity index (χ2n) is 12.3. The Balaban J connectivity index is 1.35. The van der Waals surface area contributed by atoms with Crippen molar-refractivity contribution in [2.45, 2.75) is 101 Å². The quantitative estimate of drug-likeness (QED) is 0.397. The first-order chi connectivity index (χ1) is 19.4. The number of para-hydroxylation sites is 2. The van der Waals surface area contributed by atoms with Gasteiger partial charge in [-0.05, 0) is 68.9 Å². The van der Waals surface area contributed by atoms with E-state index in [0.29, 0.717) is 29.2 Å². The molecule has 3 N–H and O–H groups in total. The molecule has 4 bridgehead atoms. The van der Waals surface area contributed by atoms with Crippen LogP contribution in [0.1, 0.15) is 88.8 Å². The van der Waals surface area contributed by atoms with Crippen molar-refractivity contribution in [2.75, 3.05) is 6.61 Å². The van der Waals surface area contributed by atoms with Crippen LogP contribution in [0.15, 0.2) is 34.2 Å². The Bertz CT molecular complexity index is 1340. The van der Waals surface area contributed by atoms with Crippen LogP contribution in [0.2, 0.25) is 0 Å². The van der Waals surface area contributed by atoms with Gasteiger partial charge in [0.15, 0.2) is 11.4 Å². The van der Waals surface area contributed by atoms with Crippen molar-refractivity contribution in [1.29, 1.82) is 0 Å². The standard InChI is InChI=1S/C30H39N5O5/c31-29(38)27(33-40-17-26(36)37)28-30(39)35(25-11-4-3-10-24(25)32-28)23-15-20-8-5-9-21(16-23)34(20)22-13-18-6-1-2-7-19(12-18)14-22/h3-4,10-11,18-23H,1-2,5-9,12-17H2,(H2,31,38)(H,36,37)/b33-27-/t18-,19+,20-,21+,22?,23?. The molecule has 40 heavy (non-hydrogen) atoms. The lowest BCUT2D eigenvalue weighted by Crippen LogP contribution is -2.58. The van der Waals surface area contributed by atoms with Crippen molar-refractivity contribution in [3.05, 3.63) is 40.3 Å². The molecule has 2 aliphatic carbocycles. The molecule has 10 nitrogen and oxygen atoms in total. The van der Waals surface area contributed by atoms with Crippen molar-refractivity contribution in [1.82, 2.24) is 14.5 Å². The number of carbonyl (C=O) groups is 2. The highest BCUT2D eigenvalue weighted by molar-refractivity contribution is 6.44.